The predicted octanol–water partition coefficient (Wildman–Crippen LogP) is 3.04. The van der Waals surface area contributed by atoms with Gasteiger partial charge in [0.1, 0.15) is 11.6 Å². The minimum atomic E-state index is -1.04. The molecule has 1 aromatic heterocycles. The fourth-order valence-corrected chi connectivity index (χ4v) is 2.74. The second kappa shape index (κ2) is 4.97. The van der Waals surface area contributed by atoms with E-state index in [1.54, 1.807) is 0 Å². The van der Waals surface area contributed by atoms with Crippen molar-refractivity contribution < 1.29 is 24.2 Å². The number of thiophene rings is 1. The normalized spacial score (nSPS) is 12.5. The molecule has 2 N–H and O–H groups in total. The quantitative estimate of drug-likeness (QED) is 0.845. The number of ketones is 1. The number of hydrogen-bond acceptors (Lipinski definition) is 4. The summed E-state index contributed by atoms with van der Waals surface area (Å²) in [5.41, 5.74) is 0. The van der Waals surface area contributed by atoms with Crippen molar-refractivity contribution in [2.24, 2.45) is 5.92 Å². The number of carbonyl (C=O) groups excluding carboxylic acids is 1. The molecule has 0 amide bonds. The van der Waals surface area contributed by atoms with Crippen LogP contribution in [0, 0.1) is 11.7 Å². The Kier molecular flexibility index (Phi) is 3.53. The lowest BCUT2D eigenvalue weighted by atomic mass is 10.0. The minimum absolute atomic E-state index is 0.129. The van der Waals surface area contributed by atoms with E-state index in [1.807, 2.05) is 0 Å². The van der Waals surface area contributed by atoms with Crippen molar-refractivity contribution in [2.75, 3.05) is 0 Å². The highest BCUT2D eigenvalue weighted by molar-refractivity contribution is 7.20. The Morgan fingerprint density at radius 2 is 2.05 bits per heavy atom. The summed E-state index contributed by atoms with van der Waals surface area (Å²) in [6.07, 6.45) is -0.129. The van der Waals surface area contributed by atoms with Gasteiger partial charge in [0, 0.05) is 22.6 Å². The third-order valence-electron chi connectivity index (χ3n) is 2.76. The van der Waals surface area contributed by atoms with Crippen LogP contribution in [-0.4, -0.2) is 22.0 Å². The summed E-state index contributed by atoms with van der Waals surface area (Å²) >= 11 is 1.04. The van der Waals surface area contributed by atoms with Crippen LogP contribution >= 0.6 is 11.3 Å². The number of hydrogen-bond donors (Lipinski definition) is 2. The van der Waals surface area contributed by atoms with Gasteiger partial charge >= 0.3 is 5.97 Å². The third kappa shape index (κ3) is 2.73. The molecule has 100 valence electrons. The number of carboxylic acids is 1. The lowest BCUT2D eigenvalue weighted by Crippen LogP contribution is -2.13. The lowest BCUT2D eigenvalue weighted by molar-refractivity contribution is -0.141. The van der Waals surface area contributed by atoms with Gasteiger partial charge in [0.15, 0.2) is 5.78 Å². The van der Waals surface area contributed by atoms with E-state index >= 15 is 0 Å². The first-order valence-electron chi connectivity index (χ1n) is 5.56. The van der Waals surface area contributed by atoms with Gasteiger partial charge in [-0.15, -0.1) is 11.3 Å². The van der Waals surface area contributed by atoms with Crippen LogP contribution in [0.25, 0.3) is 10.1 Å². The molecular formula is C13H11FO4S. The molecule has 1 aromatic carbocycles. The van der Waals surface area contributed by atoms with E-state index in [0.29, 0.717) is 9.58 Å². The largest absolute Gasteiger partial charge is 0.508 e. The van der Waals surface area contributed by atoms with Gasteiger partial charge in [-0.05, 0) is 12.1 Å². The molecule has 1 atom stereocenters. The molecule has 1 heterocycles. The number of carboxylic acid groups (broad SMARTS) is 1. The van der Waals surface area contributed by atoms with E-state index in [2.05, 4.69) is 0 Å². The van der Waals surface area contributed by atoms with Crippen molar-refractivity contribution in [3.8, 4) is 5.75 Å². The van der Waals surface area contributed by atoms with E-state index in [1.165, 1.54) is 19.1 Å². The molecule has 0 bridgehead atoms. The monoisotopic (exact) mass is 282 g/mol. The number of carbonyl (C=O) groups is 2. The van der Waals surface area contributed by atoms with Gasteiger partial charge < -0.3 is 10.2 Å². The first-order chi connectivity index (χ1) is 8.88. The molecular weight excluding hydrogens is 271 g/mol. The predicted molar refractivity (Wildman–Crippen MR) is 69.2 cm³/mol. The maximum atomic E-state index is 13.6. The average molecular weight is 282 g/mol. The molecule has 0 aliphatic heterocycles. The molecule has 6 heteroatoms. The number of aromatic hydroxyl groups is 1. The summed E-state index contributed by atoms with van der Waals surface area (Å²) in [4.78, 5) is 22.9. The Labute approximate surface area is 112 Å². The van der Waals surface area contributed by atoms with Gasteiger partial charge in [-0.2, -0.15) is 0 Å². The van der Waals surface area contributed by atoms with Crippen molar-refractivity contribution in [1.29, 1.82) is 0 Å². The number of halogens is 1. The second-order valence-corrected chi connectivity index (χ2v) is 5.40. The molecule has 19 heavy (non-hydrogen) atoms. The van der Waals surface area contributed by atoms with E-state index in [-0.39, 0.29) is 23.3 Å². The molecule has 0 spiro atoms. The number of Topliss-reactive ketones (excluding diaryl/α,β-unsaturated/α-hetero) is 1. The SMILES string of the molecule is C[C@@H](CC(=O)c1cc2c(F)cc(O)cc2s1)C(=O)O. The van der Waals surface area contributed by atoms with Crippen molar-refractivity contribution in [3.63, 3.8) is 0 Å². The van der Waals surface area contributed by atoms with E-state index in [4.69, 9.17) is 5.11 Å². The van der Waals surface area contributed by atoms with E-state index < -0.39 is 17.7 Å². The Bertz CT molecular complexity index is 662. The molecule has 0 unspecified atom stereocenters. The van der Waals surface area contributed by atoms with Crippen LogP contribution in [0.3, 0.4) is 0 Å². The van der Waals surface area contributed by atoms with Crippen LogP contribution in [-0.2, 0) is 4.79 Å². The average Bonchev–Trinajstić information content (AvgIpc) is 2.72. The van der Waals surface area contributed by atoms with Gasteiger partial charge in [-0.25, -0.2) is 4.39 Å². The van der Waals surface area contributed by atoms with Gasteiger partial charge in [-0.3, -0.25) is 9.59 Å². The summed E-state index contributed by atoms with van der Waals surface area (Å²) in [7, 11) is 0. The Morgan fingerprint density at radius 1 is 1.37 bits per heavy atom. The number of phenols is 1. The third-order valence-corrected chi connectivity index (χ3v) is 3.88. The standard InChI is InChI=1S/C13H11FO4S/c1-6(13(17)18)2-10(16)12-5-8-9(14)3-7(15)4-11(8)19-12/h3-6,15H,2H2,1H3,(H,17,18)/t6-/m0/s1. The van der Waals surface area contributed by atoms with Crippen LogP contribution < -0.4 is 0 Å². The van der Waals surface area contributed by atoms with Gasteiger partial charge in [0.2, 0.25) is 0 Å². The van der Waals surface area contributed by atoms with Crippen molar-refractivity contribution in [3.05, 3.63) is 28.9 Å². The zero-order valence-corrected chi connectivity index (χ0v) is 10.8. The molecule has 2 rings (SSSR count). The maximum absolute atomic E-state index is 13.6. The molecule has 0 fully saturated rings. The fourth-order valence-electron chi connectivity index (χ4n) is 1.69. The van der Waals surface area contributed by atoms with Crippen molar-refractivity contribution >= 4 is 33.2 Å². The molecule has 0 aliphatic carbocycles. The molecule has 0 radical (unpaired) electrons. The maximum Gasteiger partial charge on any atom is 0.306 e. The summed E-state index contributed by atoms with van der Waals surface area (Å²) in [6.45, 7) is 1.44. The highest BCUT2D eigenvalue weighted by atomic mass is 32.1. The summed E-state index contributed by atoms with van der Waals surface area (Å²) < 4.78 is 14.0. The smallest absolute Gasteiger partial charge is 0.306 e. The molecule has 2 aromatic rings. The number of rotatable bonds is 4. The summed E-state index contributed by atoms with van der Waals surface area (Å²) in [5, 5.41) is 18.3. The summed E-state index contributed by atoms with van der Waals surface area (Å²) in [5.74, 6) is -2.97. The topological polar surface area (TPSA) is 74.6 Å². The van der Waals surface area contributed by atoms with Crippen LogP contribution in [0.5, 0.6) is 5.75 Å². The second-order valence-electron chi connectivity index (χ2n) is 4.32. The highest BCUT2D eigenvalue weighted by Crippen LogP contribution is 2.32. The van der Waals surface area contributed by atoms with Crippen LogP contribution in [0.4, 0.5) is 4.39 Å². The molecule has 0 saturated carbocycles. The zero-order chi connectivity index (χ0) is 14.2. The Hall–Kier alpha value is -1.95. The first kappa shape index (κ1) is 13.5. The lowest BCUT2D eigenvalue weighted by Gasteiger charge is -2.02. The summed E-state index contributed by atoms with van der Waals surface area (Å²) in [6, 6.07) is 3.75. The van der Waals surface area contributed by atoms with E-state index in [0.717, 1.165) is 17.4 Å². The van der Waals surface area contributed by atoms with Crippen molar-refractivity contribution in [1.82, 2.24) is 0 Å². The number of fused-ring (bicyclic) bond motifs is 1. The number of aliphatic carboxylic acids is 1. The van der Waals surface area contributed by atoms with Gasteiger partial charge in [0.25, 0.3) is 0 Å². The Balaban J connectivity index is 2.33. The molecule has 4 nitrogen and oxygen atoms in total. The van der Waals surface area contributed by atoms with Gasteiger partial charge in [0.05, 0.1) is 10.8 Å². The minimum Gasteiger partial charge on any atom is -0.508 e. The number of phenolic OH excluding ortho intramolecular Hbond substituents is 1. The fraction of sp³-hybridized carbons (Fsp3) is 0.231. The van der Waals surface area contributed by atoms with Gasteiger partial charge in [-0.1, -0.05) is 6.92 Å². The van der Waals surface area contributed by atoms with Crippen LogP contribution in [0.1, 0.15) is 23.0 Å². The molecule has 0 saturated heterocycles. The van der Waals surface area contributed by atoms with Crippen LogP contribution in [0.15, 0.2) is 18.2 Å². The van der Waals surface area contributed by atoms with Crippen LogP contribution in [0.2, 0.25) is 0 Å². The van der Waals surface area contributed by atoms with E-state index in [9.17, 15) is 19.1 Å². The number of benzene rings is 1. The Morgan fingerprint density at radius 3 is 2.68 bits per heavy atom. The van der Waals surface area contributed by atoms with Crippen molar-refractivity contribution in [2.45, 2.75) is 13.3 Å². The molecule has 0 aliphatic rings. The first-order valence-corrected chi connectivity index (χ1v) is 6.38. The highest BCUT2D eigenvalue weighted by Gasteiger charge is 2.19. The zero-order valence-electron chi connectivity index (χ0n) is 10.0.